The van der Waals surface area contributed by atoms with Gasteiger partial charge in [-0.2, -0.15) is 0 Å². The third kappa shape index (κ3) is 4.18. The second-order valence-electron chi connectivity index (χ2n) is 11.3. The van der Waals surface area contributed by atoms with Gasteiger partial charge in [0.2, 0.25) is 0 Å². The number of hydrogen-bond acceptors (Lipinski definition) is 4. The van der Waals surface area contributed by atoms with Gasteiger partial charge in [0, 0.05) is 43.6 Å². The van der Waals surface area contributed by atoms with Crippen molar-refractivity contribution in [3.8, 4) is 45.3 Å². The summed E-state index contributed by atoms with van der Waals surface area (Å²) in [4.78, 5) is 13.0. The molecule has 0 bridgehead atoms. The largest absolute Gasteiger partial charge is 0.455 e. The molecule has 0 saturated heterocycles. The summed E-state index contributed by atoms with van der Waals surface area (Å²) >= 11 is 0. The highest BCUT2D eigenvalue weighted by molar-refractivity contribution is 6.32. The van der Waals surface area contributed by atoms with E-state index in [0.29, 0.717) is 0 Å². The Labute approximate surface area is 327 Å². The lowest BCUT2D eigenvalue weighted by atomic mass is 9.99. The maximum Gasteiger partial charge on any atom is 0.164 e. The van der Waals surface area contributed by atoms with Gasteiger partial charge in [-0.05, 0) is 60.3 Å². The number of fused-ring (bicyclic) bond motifs is 10. The minimum absolute atomic E-state index is 0.120. The lowest BCUT2D eigenvalue weighted by molar-refractivity contribution is 0.673. The number of benzene rings is 7. The van der Waals surface area contributed by atoms with E-state index < -0.39 is 202 Å². The Morgan fingerprint density at radius 3 is 1.94 bits per heavy atom. The molecule has 51 heavy (non-hydrogen) atoms. The van der Waals surface area contributed by atoms with E-state index in [0.717, 1.165) is 4.40 Å². The van der Waals surface area contributed by atoms with Crippen molar-refractivity contribution >= 4 is 60.0 Å². The molecule has 238 valence electrons. The Hall–Kier alpha value is -6.85. The Bertz CT molecular complexity index is 4460. The average Bonchev–Trinajstić information content (AvgIpc) is 4.07. The minimum atomic E-state index is -0.986. The zero-order chi connectivity index (χ0) is 55.4. The maximum absolute atomic E-state index is 9.95. The molecule has 0 aliphatic heterocycles. The summed E-state index contributed by atoms with van der Waals surface area (Å²) in [6, 6.07) is -19.0. The highest BCUT2D eigenvalue weighted by Crippen LogP contribution is 2.46. The van der Waals surface area contributed by atoms with Gasteiger partial charge in [-0.15, -0.1) is 0 Å². The first-order valence-corrected chi connectivity index (χ1v) is 15.2. The summed E-state index contributed by atoms with van der Waals surface area (Å²) in [6.45, 7) is 1.30. The monoisotopic (exact) mass is 677 g/mol. The highest BCUT2D eigenvalue weighted by atomic mass is 16.3. The van der Waals surface area contributed by atoms with Crippen molar-refractivity contribution in [2.45, 2.75) is 6.92 Å². The van der Waals surface area contributed by atoms with E-state index in [-0.39, 0.29) is 60.0 Å². The van der Waals surface area contributed by atoms with Gasteiger partial charge in [0.25, 0.3) is 0 Å². The summed E-state index contributed by atoms with van der Waals surface area (Å²) in [5, 5.41) is -1.61. The van der Waals surface area contributed by atoms with E-state index in [1.54, 1.807) is 0 Å². The molecule has 0 spiro atoms. The molecular weight excluding hydrogens is 625 g/mol. The van der Waals surface area contributed by atoms with E-state index in [1.807, 2.05) is 0 Å². The fourth-order valence-electron chi connectivity index (χ4n) is 6.23. The number of furan rings is 1. The topological polar surface area (TPSA) is 56.2 Å². The zero-order valence-electron chi connectivity index (χ0n) is 50.7. The van der Waals surface area contributed by atoms with Gasteiger partial charge in [-0.3, -0.25) is 0 Å². The van der Waals surface area contributed by atoms with Crippen molar-refractivity contribution < 1.29 is 38.7 Å². The zero-order valence-corrected chi connectivity index (χ0v) is 25.7. The van der Waals surface area contributed by atoms with Crippen LogP contribution in [0.3, 0.4) is 0 Å². The van der Waals surface area contributed by atoms with Gasteiger partial charge in [-0.1, -0.05) is 114 Å². The van der Waals surface area contributed by atoms with Gasteiger partial charge in [0.1, 0.15) is 11.2 Å². The lowest BCUT2D eigenvalue weighted by Crippen LogP contribution is -2.00. The molecule has 0 unspecified atom stereocenters. The first-order valence-electron chi connectivity index (χ1n) is 27.7. The number of nitrogens with zero attached hydrogens (tertiary/aromatic N) is 4. The average molecular weight is 678 g/mol. The van der Waals surface area contributed by atoms with Crippen LogP contribution in [0.15, 0.2) is 155 Å². The molecule has 5 nitrogen and oxygen atoms in total. The van der Waals surface area contributed by atoms with Gasteiger partial charge < -0.3 is 8.82 Å². The number of hydrogen-bond donors (Lipinski definition) is 0. The summed E-state index contributed by atoms with van der Waals surface area (Å²) < 4.78 is 230. The predicted octanol–water partition coefficient (Wildman–Crippen LogP) is 11.9. The van der Waals surface area contributed by atoms with Crippen LogP contribution < -0.4 is 0 Å². The maximum atomic E-state index is 9.95. The molecule has 0 aliphatic carbocycles. The van der Waals surface area contributed by atoms with Crippen LogP contribution in [0.2, 0.25) is 0 Å². The minimum Gasteiger partial charge on any atom is -0.455 e. The molecular formula is C46H28N4O. The van der Waals surface area contributed by atoms with Crippen molar-refractivity contribution in [3.05, 3.63) is 157 Å². The summed E-state index contributed by atoms with van der Waals surface area (Å²) in [5.74, 6) is -2.22. The second kappa shape index (κ2) is 10.6. The predicted molar refractivity (Wildman–Crippen MR) is 208 cm³/mol. The Morgan fingerprint density at radius 2 is 1.10 bits per heavy atom. The molecule has 0 saturated carbocycles. The number of rotatable bonds is 4. The summed E-state index contributed by atoms with van der Waals surface area (Å²) in [7, 11) is 0. The summed E-state index contributed by atoms with van der Waals surface area (Å²) in [6.07, 6.45) is 0. The molecule has 5 heteroatoms. The van der Waals surface area contributed by atoms with Crippen molar-refractivity contribution in [2.75, 3.05) is 0 Å². The molecule has 4 heterocycles. The van der Waals surface area contributed by atoms with Crippen LogP contribution in [0.25, 0.3) is 105 Å². The SMILES string of the molecule is [2H]c1c([2H])c([2H])c(-c2nc(-c3c([2H])c([2H])c([2H])c(C)c3[2H])nc(-c3c([2H])c([2H])c([2H])c(-c4c([2H])c([2H])c5c(c4[2H])c4c([2H])c6c(oc7c([2H])c([2H])c([2H])c([2H])c76)c6c7c([2H])c([2H])c([2H])c([2H])c7n5c46)c3[2H])n2)c([2H])c1[2H]. The highest BCUT2D eigenvalue weighted by Gasteiger charge is 2.23. The first-order chi connectivity index (χ1) is 35.6. The molecule has 0 amide bonds. The molecule has 0 aliphatic rings. The Morgan fingerprint density at radius 1 is 0.471 bits per heavy atom. The van der Waals surface area contributed by atoms with Crippen LogP contribution in [0.4, 0.5) is 0 Å². The molecule has 7 aromatic carbocycles. The van der Waals surface area contributed by atoms with Crippen LogP contribution >= 0.6 is 0 Å². The molecule has 11 rings (SSSR count). The standard InChI is InChI=1S/C46H28N4O/c1-27-11-9-15-31(23-27)45-47-44(28-12-3-2-4-13-28)48-46(49-45)32-16-10-14-29(24-32)30-21-22-39-35(25-30)36-26-37-33-17-6-8-20-40(33)51-43(37)41-34-18-5-7-19-38(34)50(39)42(36)41/h2-26H,1H3/i2D,3D,4D,5D,6D,7D,8D,9D,10D,11D,12D,13D,14D,15D,16D,17D,18D,19D,20D,21D,22D,23D,24D,25D,26D. The Balaban J connectivity index is 1.31. The van der Waals surface area contributed by atoms with Crippen LogP contribution in [-0.2, 0) is 0 Å². The van der Waals surface area contributed by atoms with E-state index in [2.05, 4.69) is 15.0 Å². The normalized spacial score (nSPS) is 18.9. The van der Waals surface area contributed by atoms with Crippen molar-refractivity contribution in [1.29, 1.82) is 0 Å². The van der Waals surface area contributed by atoms with Gasteiger partial charge in [0.05, 0.1) is 56.2 Å². The lowest BCUT2D eigenvalue weighted by Gasteiger charge is -2.10. The fourth-order valence-corrected chi connectivity index (χ4v) is 6.23. The second-order valence-corrected chi connectivity index (χ2v) is 11.3. The van der Waals surface area contributed by atoms with Crippen LogP contribution in [-0.4, -0.2) is 19.4 Å². The smallest absolute Gasteiger partial charge is 0.164 e. The molecule has 0 radical (unpaired) electrons. The van der Waals surface area contributed by atoms with E-state index in [4.69, 9.17) is 30.5 Å². The van der Waals surface area contributed by atoms with Gasteiger partial charge in [0.15, 0.2) is 17.5 Å². The molecule has 4 aromatic heterocycles. The molecule has 11 aromatic rings. The van der Waals surface area contributed by atoms with Crippen LogP contribution in [0.1, 0.15) is 39.8 Å². The number of aromatic nitrogens is 4. The molecule has 0 N–H and O–H groups in total. The molecule has 0 atom stereocenters. The third-order valence-electron chi connectivity index (χ3n) is 8.35. The first kappa shape index (κ1) is 13.1. The number of para-hydroxylation sites is 2. The van der Waals surface area contributed by atoms with E-state index >= 15 is 0 Å². The molecule has 0 fully saturated rings. The van der Waals surface area contributed by atoms with Crippen LogP contribution in [0.5, 0.6) is 0 Å². The van der Waals surface area contributed by atoms with Gasteiger partial charge in [-0.25, -0.2) is 15.0 Å². The Kier molecular flexibility index (Phi) is 2.72. The fraction of sp³-hybridized carbons (Fsp3) is 0.0217. The third-order valence-corrected chi connectivity index (χ3v) is 8.35. The summed E-state index contributed by atoms with van der Waals surface area (Å²) in [5.41, 5.74) is -5.10. The van der Waals surface area contributed by atoms with E-state index in [9.17, 15) is 8.22 Å². The van der Waals surface area contributed by atoms with Crippen molar-refractivity contribution in [3.63, 3.8) is 0 Å². The quantitative estimate of drug-likeness (QED) is 0.186. The van der Waals surface area contributed by atoms with Crippen LogP contribution in [0, 0.1) is 6.92 Å². The van der Waals surface area contributed by atoms with Crippen molar-refractivity contribution in [2.24, 2.45) is 0 Å². The van der Waals surface area contributed by atoms with E-state index in [1.165, 1.54) is 6.92 Å². The van der Waals surface area contributed by atoms with Gasteiger partial charge >= 0.3 is 0 Å². The van der Waals surface area contributed by atoms with Crippen molar-refractivity contribution in [1.82, 2.24) is 19.4 Å².